The van der Waals surface area contributed by atoms with Gasteiger partial charge in [0.2, 0.25) is 10.0 Å². The van der Waals surface area contributed by atoms with Crippen LogP contribution in [0.15, 0.2) is 24.5 Å². The molecule has 1 amide bonds. The van der Waals surface area contributed by atoms with E-state index in [-0.39, 0.29) is 18.2 Å². The van der Waals surface area contributed by atoms with Crippen LogP contribution in [0.2, 0.25) is 0 Å². The Bertz CT molecular complexity index is 524. The molecule has 0 aliphatic carbocycles. The van der Waals surface area contributed by atoms with Crippen LogP contribution in [-0.4, -0.2) is 49.0 Å². The van der Waals surface area contributed by atoms with Crippen LogP contribution in [0.3, 0.4) is 0 Å². The highest BCUT2D eigenvalue weighted by atomic mass is 32.2. The highest BCUT2D eigenvalue weighted by molar-refractivity contribution is 7.89. The minimum Gasteiger partial charge on any atom is -0.351 e. The number of pyridine rings is 1. The molecule has 2 heterocycles. The summed E-state index contributed by atoms with van der Waals surface area (Å²) in [6.07, 6.45) is 4.86. The Balaban J connectivity index is 1.82. The van der Waals surface area contributed by atoms with Gasteiger partial charge in [-0.25, -0.2) is 12.7 Å². The maximum Gasteiger partial charge on any atom is 0.252 e. The van der Waals surface area contributed by atoms with Gasteiger partial charge in [-0.1, -0.05) is 0 Å². The summed E-state index contributed by atoms with van der Waals surface area (Å²) in [5.41, 5.74) is 0.432. The molecule has 1 aliphatic heterocycles. The van der Waals surface area contributed by atoms with Crippen molar-refractivity contribution >= 4 is 15.9 Å². The van der Waals surface area contributed by atoms with Gasteiger partial charge in [-0.3, -0.25) is 9.78 Å². The van der Waals surface area contributed by atoms with Gasteiger partial charge in [0.1, 0.15) is 0 Å². The van der Waals surface area contributed by atoms with E-state index >= 15 is 0 Å². The van der Waals surface area contributed by atoms with Crippen molar-refractivity contribution in [1.82, 2.24) is 14.6 Å². The fraction of sp³-hybridized carbons (Fsp3) is 0.500. The zero-order chi connectivity index (χ0) is 13.7. The number of carbonyl (C=O) groups is 1. The van der Waals surface area contributed by atoms with Crippen LogP contribution in [0.25, 0.3) is 0 Å². The molecule has 1 fully saturated rings. The molecule has 0 atom stereocenters. The first-order chi connectivity index (χ1) is 9.09. The molecule has 104 valence electrons. The van der Waals surface area contributed by atoms with Crippen molar-refractivity contribution < 1.29 is 13.2 Å². The highest BCUT2D eigenvalue weighted by Gasteiger charge is 2.24. The molecule has 0 saturated carbocycles. The first-order valence-electron chi connectivity index (χ1n) is 6.26. The van der Waals surface area contributed by atoms with E-state index in [0.29, 0.717) is 18.7 Å². The molecular formula is C12H17N3O3S. The van der Waals surface area contributed by atoms with Crippen molar-refractivity contribution in [2.75, 3.05) is 25.4 Å². The number of sulfonamides is 1. The molecule has 1 saturated heterocycles. The fourth-order valence-electron chi connectivity index (χ4n) is 1.99. The van der Waals surface area contributed by atoms with Crippen molar-refractivity contribution in [1.29, 1.82) is 0 Å². The number of amides is 1. The Morgan fingerprint density at radius 2 is 2.11 bits per heavy atom. The Hall–Kier alpha value is -1.47. The van der Waals surface area contributed by atoms with Gasteiger partial charge in [0.25, 0.3) is 5.91 Å². The zero-order valence-electron chi connectivity index (χ0n) is 10.6. The van der Waals surface area contributed by atoms with E-state index in [2.05, 4.69) is 10.3 Å². The summed E-state index contributed by atoms with van der Waals surface area (Å²) in [5, 5.41) is 2.59. The lowest BCUT2D eigenvalue weighted by molar-refractivity contribution is 0.0955. The molecule has 1 N–H and O–H groups in total. The molecule has 7 heteroatoms. The third kappa shape index (κ3) is 3.74. The van der Waals surface area contributed by atoms with Crippen molar-refractivity contribution in [3.8, 4) is 0 Å². The first-order valence-corrected chi connectivity index (χ1v) is 7.86. The minimum atomic E-state index is -3.23. The number of hydrogen-bond donors (Lipinski definition) is 1. The Morgan fingerprint density at radius 1 is 1.37 bits per heavy atom. The molecule has 19 heavy (non-hydrogen) atoms. The van der Waals surface area contributed by atoms with Crippen molar-refractivity contribution in [3.63, 3.8) is 0 Å². The van der Waals surface area contributed by atoms with Crippen LogP contribution in [0.5, 0.6) is 0 Å². The van der Waals surface area contributed by atoms with Gasteiger partial charge in [-0.2, -0.15) is 0 Å². The Morgan fingerprint density at radius 3 is 2.74 bits per heavy atom. The lowest BCUT2D eigenvalue weighted by Crippen LogP contribution is -2.36. The molecule has 0 bridgehead atoms. The zero-order valence-corrected chi connectivity index (χ0v) is 11.4. The van der Waals surface area contributed by atoms with E-state index in [1.807, 2.05) is 0 Å². The van der Waals surface area contributed by atoms with E-state index in [1.54, 1.807) is 18.3 Å². The van der Waals surface area contributed by atoms with Gasteiger partial charge >= 0.3 is 0 Å². The smallest absolute Gasteiger partial charge is 0.252 e. The SMILES string of the molecule is O=C(NCCS(=O)(=O)N1CCCC1)c1cccnc1. The van der Waals surface area contributed by atoms with Gasteiger partial charge in [0, 0.05) is 32.0 Å². The monoisotopic (exact) mass is 283 g/mol. The average molecular weight is 283 g/mol. The molecule has 6 nitrogen and oxygen atoms in total. The molecule has 0 unspecified atom stereocenters. The molecule has 1 aromatic rings. The van der Waals surface area contributed by atoms with E-state index in [9.17, 15) is 13.2 Å². The first kappa shape index (κ1) is 14.0. The predicted molar refractivity (Wildman–Crippen MR) is 71.2 cm³/mol. The summed E-state index contributed by atoms with van der Waals surface area (Å²) in [6, 6.07) is 3.30. The second kappa shape index (κ2) is 6.12. The molecule has 0 spiro atoms. The quantitative estimate of drug-likeness (QED) is 0.839. The molecule has 0 aromatic carbocycles. The van der Waals surface area contributed by atoms with Gasteiger partial charge < -0.3 is 5.32 Å². The second-order valence-electron chi connectivity index (χ2n) is 4.42. The normalized spacial score (nSPS) is 16.4. The molecule has 2 rings (SSSR count). The Labute approximate surface area is 112 Å². The maximum absolute atomic E-state index is 11.9. The van der Waals surface area contributed by atoms with Crippen molar-refractivity contribution in [3.05, 3.63) is 30.1 Å². The number of rotatable bonds is 5. The fourth-order valence-corrected chi connectivity index (χ4v) is 3.42. The van der Waals surface area contributed by atoms with Crippen LogP contribution in [0.4, 0.5) is 0 Å². The molecular weight excluding hydrogens is 266 g/mol. The van der Waals surface area contributed by atoms with E-state index in [0.717, 1.165) is 12.8 Å². The third-order valence-corrected chi connectivity index (χ3v) is 4.90. The largest absolute Gasteiger partial charge is 0.351 e. The van der Waals surface area contributed by atoms with E-state index in [4.69, 9.17) is 0 Å². The molecule has 0 radical (unpaired) electrons. The number of nitrogens with zero attached hydrogens (tertiary/aromatic N) is 2. The summed E-state index contributed by atoms with van der Waals surface area (Å²) in [6.45, 7) is 1.31. The minimum absolute atomic E-state index is 0.0565. The summed E-state index contributed by atoms with van der Waals surface area (Å²) < 4.78 is 25.3. The van der Waals surface area contributed by atoms with Crippen molar-refractivity contribution in [2.24, 2.45) is 0 Å². The van der Waals surface area contributed by atoms with E-state index in [1.165, 1.54) is 10.5 Å². The summed E-state index contributed by atoms with van der Waals surface area (Å²) in [7, 11) is -3.23. The summed E-state index contributed by atoms with van der Waals surface area (Å²) in [4.78, 5) is 15.5. The molecule has 1 aromatic heterocycles. The van der Waals surface area contributed by atoms with Crippen molar-refractivity contribution in [2.45, 2.75) is 12.8 Å². The average Bonchev–Trinajstić information content (AvgIpc) is 2.94. The second-order valence-corrected chi connectivity index (χ2v) is 6.51. The standard InChI is InChI=1S/C12H17N3O3S/c16-12(11-4-3-5-13-10-11)14-6-9-19(17,18)15-7-1-2-8-15/h3-5,10H,1-2,6-9H2,(H,14,16). The number of carbonyl (C=O) groups excluding carboxylic acids is 1. The van der Waals surface area contributed by atoms with Gasteiger partial charge in [0.15, 0.2) is 0 Å². The highest BCUT2D eigenvalue weighted by Crippen LogP contribution is 2.12. The third-order valence-electron chi connectivity index (χ3n) is 3.03. The van der Waals surface area contributed by atoms with Gasteiger partial charge in [-0.05, 0) is 25.0 Å². The number of nitrogens with one attached hydrogen (secondary N) is 1. The van der Waals surface area contributed by atoms with E-state index < -0.39 is 10.0 Å². The van der Waals surface area contributed by atoms with Crippen LogP contribution >= 0.6 is 0 Å². The van der Waals surface area contributed by atoms with Crippen LogP contribution < -0.4 is 5.32 Å². The number of hydrogen-bond acceptors (Lipinski definition) is 4. The predicted octanol–water partition coefficient (Wildman–Crippen LogP) is 0.237. The van der Waals surface area contributed by atoms with Crippen LogP contribution in [0.1, 0.15) is 23.2 Å². The van der Waals surface area contributed by atoms with Gasteiger partial charge in [-0.15, -0.1) is 0 Å². The lowest BCUT2D eigenvalue weighted by Gasteiger charge is -2.15. The van der Waals surface area contributed by atoms with Crippen LogP contribution in [0, 0.1) is 0 Å². The van der Waals surface area contributed by atoms with Gasteiger partial charge in [0.05, 0.1) is 11.3 Å². The number of aromatic nitrogens is 1. The summed E-state index contributed by atoms with van der Waals surface area (Å²) in [5.74, 6) is -0.358. The lowest BCUT2D eigenvalue weighted by atomic mass is 10.3. The topological polar surface area (TPSA) is 79.4 Å². The Kier molecular flexibility index (Phi) is 4.49. The molecule has 1 aliphatic rings. The maximum atomic E-state index is 11.9. The summed E-state index contributed by atoms with van der Waals surface area (Å²) >= 11 is 0. The van der Waals surface area contributed by atoms with Crippen LogP contribution in [-0.2, 0) is 10.0 Å².